The summed E-state index contributed by atoms with van der Waals surface area (Å²) in [4.78, 5) is 25.8. The number of imide groups is 1. The zero-order chi connectivity index (χ0) is 14.6. The molecule has 0 aliphatic carbocycles. The molecule has 1 fully saturated rings. The molecule has 0 aromatic carbocycles. The lowest BCUT2D eigenvalue weighted by Crippen LogP contribution is -2.39. The van der Waals surface area contributed by atoms with Gasteiger partial charge < -0.3 is 0 Å². The molecule has 2 amide bonds. The summed E-state index contributed by atoms with van der Waals surface area (Å²) in [6.45, 7) is 7.98. The van der Waals surface area contributed by atoms with Gasteiger partial charge in [-0.15, -0.1) is 0 Å². The maximum atomic E-state index is 12.3. The molecule has 0 spiro atoms. The van der Waals surface area contributed by atoms with Crippen molar-refractivity contribution in [2.45, 2.75) is 75.7 Å². The highest BCUT2D eigenvalue weighted by Crippen LogP contribution is 2.36. The van der Waals surface area contributed by atoms with Crippen molar-refractivity contribution in [2.24, 2.45) is 0 Å². The van der Waals surface area contributed by atoms with E-state index in [1.165, 1.54) is 16.7 Å². The van der Waals surface area contributed by atoms with Gasteiger partial charge in [0.15, 0.2) is 0 Å². The van der Waals surface area contributed by atoms with Crippen molar-refractivity contribution < 1.29 is 9.59 Å². The Morgan fingerprint density at radius 2 is 2.11 bits per heavy atom. The second-order valence-electron chi connectivity index (χ2n) is 5.57. The number of thioether (sulfide) groups is 1. The van der Waals surface area contributed by atoms with Gasteiger partial charge >= 0.3 is 0 Å². The van der Waals surface area contributed by atoms with Crippen molar-refractivity contribution in [1.82, 2.24) is 4.90 Å². The quantitative estimate of drug-likeness (QED) is 0.532. The third kappa shape index (κ3) is 4.27. The molecule has 3 nitrogen and oxygen atoms in total. The Kier molecular flexibility index (Phi) is 5.96. The van der Waals surface area contributed by atoms with Gasteiger partial charge in [0.1, 0.15) is 0 Å². The van der Waals surface area contributed by atoms with Gasteiger partial charge in [-0.1, -0.05) is 33.6 Å². The van der Waals surface area contributed by atoms with Crippen LogP contribution in [-0.4, -0.2) is 40.5 Å². The normalized spacial score (nSPS) is 24.6. The average Bonchev–Trinajstić information content (AvgIpc) is 2.61. The van der Waals surface area contributed by atoms with E-state index in [2.05, 4.69) is 6.92 Å². The first-order chi connectivity index (χ1) is 8.82. The first-order valence-corrected chi connectivity index (χ1v) is 8.03. The Morgan fingerprint density at radius 3 is 2.63 bits per heavy atom. The summed E-state index contributed by atoms with van der Waals surface area (Å²) < 4.78 is -0.441. The van der Waals surface area contributed by atoms with E-state index < -0.39 is 4.65 Å². The Morgan fingerprint density at radius 1 is 1.47 bits per heavy atom. The van der Waals surface area contributed by atoms with Crippen LogP contribution < -0.4 is 0 Å². The first-order valence-electron chi connectivity index (χ1n) is 7.15. The zero-order valence-corrected chi connectivity index (χ0v) is 13.3. The molecule has 2 unspecified atom stereocenters. The molecule has 5 heteroatoms. The molecule has 0 bridgehead atoms. The van der Waals surface area contributed by atoms with E-state index in [9.17, 15) is 9.59 Å². The number of hydrogen-bond acceptors (Lipinski definition) is 3. The Bertz CT molecular complexity index is 346. The van der Waals surface area contributed by atoms with Crippen LogP contribution in [0, 0.1) is 0 Å². The van der Waals surface area contributed by atoms with Crippen molar-refractivity contribution in [3.05, 3.63) is 0 Å². The number of likely N-dealkylation sites (tertiary alicyclic amines) is 1. The van der Waals surface area contributed by atoms with E-state index in [1.54, 1.807) is 0 Å². The number of rotatable bonds is 7. The number of hydrogen-bond donors (Lipinski definition) is 0. The molecular weight excluding hydrogens is 257 g/mol. The third-order valence-electron chi connectivity index (χ3n) is 3.67. The van der Waals surface area contributed by atoms with Crippen LogP contribution in [0.2, 0.25) is 0 Å². The van der Waals surface area contributed by atoms with E-state index in [0.717, 1.165) is 25.7 Å². The molecule has 106 valence electrons. The predicted molar refractivity (Wildman–Crippen MR) is 81.3 cm³/mol. The summed E-state index contributed by atoms with van der Waals surface area (Å²) in [6.07, 6.45) is 4.09. The lowest BCUT2D eigenvalue weighted by atomic mass is 9.86. The SMILES string of the molecule is [B]C(C)(CC)SC1CC(=O)N([C@H](C)CCCC)C1=O. The van der Waals surface area contributed by atoms with E-state index in [-0.39, 0.29) is 23.1 Å². The molecule has 1 aliphatic rings. The zero-order valence-electron chi connectivity index (χ0n) is 12.4. The van der Waals surface area contributed by atoms with Crippen molar-refractivity contribution in [3.63, 3.8) is 0 Å². The van der Waals surface area contributed by atoms with Gasteiger partial charge in [0.2, 0.25) is 11.8 Å². The number of carbonyl (C=O) groups is 2. The van der Waals surface area contributed by atoms with Crippen LogP contribution in [0.1, 0.15) is 59.8 Å². The fourth-order valence-corrected chi connectivity index (χ4v) is 3.47. The summed E-state index contributed by atoms with van der Waals surface area (Å²) >= 11 is 1.43. The number of carbonyl (C=O) groups excluding carboxylic acids is 2. The molecule has 19 heavy (non-hydrogen) atoms. The van der Waals surface area contributed by atoms with Crippen LogP contribution in [-0.2, 0) is 9.59 Å². The van der Waals surface area contributed by atoms with Gasteiger partial charge in [0.05, 0.1) is 13.1 Å². The molecule has 0 saturated carbocycles. The van der Waals surface area contributed by atoms with Gasteiger partial charge in [-0.25, -0.2) is 0 Å². The van der Waals surface area contributed by atoms with Crippen molar-refractivity contribution in [2.75, 3.05) is 0 Å². The van der Waals surface area contributed by atoms with Crippen LogP contribution in [0.25, 0.3) is 0 Å². The second-order valence-corrected chi connectivity index (χ2v) is 7.31. The van der Waals surface area contributed by atoms with Crippen LogP contribution in [0.3, 0.4) is 0 Å². The van der Waals surface area contributed by atoms with Gasteiger partial charge in [-0.05, 0) is 24.4 Å². The standard InChI is InChI=1S/C14H24BNO2S/c1-5-7-8-10(3)16-12(17)9-11(13(16)18)19-14(4,15)6-2/h10-11H,5-9H2,1-4H3/t10-,11?,14?/m1/s1. The highest BCUT2D eigenvalue weighted by molar-refractivity contribution is 8.03. The summed E-state index contributed by atoms with van der Waals surface area (Å²) in [5.74, 6) is -0.0956. The average molecular weight is 281 g/mol. The number of amides is 2. The molecule has 1 aliphatic heterocycles. The van der Waals surface area contributed by atoms with Crippen molar-refractivity contribution >= 4 is 31.4 Å². The maximum absolute atomic E-state index is 12.3. The first kappa shape index (κ1) is 16.6. The number of nitrogens with zero attached hydrogens (tertiary/aromatic N) is 1. The van der Waals surface area contributed by atoms with Gasteiger partial charge in [-0.3, -0.25) is 14.5 Å². The fourth-order valence-electron chi connectivity index (χ4n) is 2.21. The summed E-state index contributed by atoms with van der Waals surface area (Å²) in [5, 5.41) is -0.300. The molecule has 1 rings (SSSR count). The summed E-state index contributed by atoms with van der Waals surface area (Å²) in [5.41, 5.74) is 0. The van der Waals surface area contributed by atoms with E-state index in [0.29, 0.717) is 6.42 Å². The number of unbranched alkanes of at least 4 members (excludes halogenated alkanes) is 1. The molecule has 0 aromatic heterocycles. The highest BCUT2D eigenvalue weighted by Gasteiger charge is 2.42. The second kappa shape index (κ2) is 6.82. The lowest BCUT2D eigenvalue weighted by Gasteiger charge is -2.27. The van der Waals surface area contributed by atoms with Gasteiger partial charge in [0, 0.05) is 12.5 Å². The lowest BCUT2D eigenvalue weighted by molar-refractivity contribution is -0.140. The Hall–Kier alpha value is -0.445. The molecule has 1 heterocycles. The van der Waals surface area contributed by atoms with Crippen LogP contribution in [0.15, 0.2) is 0 Å². The molecule has 3 atom stereocenters. The predicted octanol–water partition coefficient (Wildman–Crippen LogP) is 2.72. The van der Waals surface area contributed by atoms with E-state index in [1.807, 2.05) is 20.8 Å². The van der Waals surface area contributed by atoms with Crippen LogP contribution in [0.5, 0.6) is 0 Å². The summed E-state index contributed by atoms with van der Waals surface area (Å²) in [7, 11) is 6.09. The molecule has 0 aromatic rings. The minimum absolute atomic E-state index is 0.0104. The minimum Gasteiger partial charge on any atom is -0.279 e. The van der Waals surface area contributed by atoms with E-state index in [4.69, 9.17) is 7.85 Å². The topological polar surface area (TPSA) is 37.4 Å². The molecular formula is C14H24BNO2S. The van der Waals surface area contributed by atoms with Gasteiger partial charge in [0.25, 0.3) is 0 Å². The highest BCUT2D eigenvalue weighted by atomic mass is 32.2. The Balaban J connectivity index is 2.68. The molecule has 2 radical (unpaired) electrons. The van der Waals surface area contributed by atoms with Gasteiger partial charge in [-0.2, -0.15) is 11.8 Å². The monoisotopic (exact) mass is 281 g/mol. The fraction of sp³-hybridized carbons (Fsp3) is 0.857. The largest absolute Gasteiger partial charge is 0.279 e. The molecule has 1 saturated heterocycles. The van der Waals surface area contributed by atoms with Crippen molar-refractivity contribution in [3.8, 4) is 0 Å². The van der Waals surface area contributed by atoms with Crippen LogP contribution in [0.4, 0.5) is 0 Å². The minimum atomic E-state index is -0.441. The maximum Gasteiger partial charge on any atom is 0.243 e. The van der Waals surface area contributed by atoms with E-state index >= 15 is 0 Å². The van der Waals surface area contributed by atoms with Crippen molar-refractivity contribution in [1.29, 1.82) is 0 Å². The third-order valence-corrected chi connectivity index (χ3v) is 5.15. The smallest absolute Gasteiger partial charge is 0.243 e. The van der Waals surface area contributed by atoms with Crippen LogP contribution >= 0.6 is 11.8 Å². The Labute approximate surface area is 122 Å². The molecule has 0 N–H and O–H groups in total. The summed E-state index contributed by atoms with van der Waals surface area (Å²) in [6, 6.07) is 0.0104.